The normalized spacial score (nSPS) is 29.8. The van der Waals surface area contributed by atoms with Crippen LogP contribution in [0, 0.1) is 0 Å². The van der Waals surface area contributed by atoms with E-state index in [0.29, 0.717) is 12.4 Å². The van der Waals surface area contributed by atoms with Gasteiger partial charge in [-0.3, -0.25) is 0 Å². The third kappa shape index (κ3) is 2.20. The molecule has 0 bridgehead atoms. The number of nitrogens with zero attached hydrogens (tertiary/aromatic N) is 2. The van der Waals surface area contributed by atoms with Crippen LogP contribution >= 0.6 is 0 Å². The molecule has 0 amide bonds. The van der Waals surface area contributed by atoms with Gasteiger partial charge in [-0.25, -0.2) is 4.21 Å². The number of amidine groups is 1. The van der Waals surface area contributed by atoms with Crippen LogP contribution in [0.4, 0.5) is 0 Å². The Kier molecular flexibility index (Phi) is 2.62. The molecular formula is C8H11N3O2S. The summed E-state index contributed by atoms with van der Waals surface area (Å²) in [6.45, 7) is 2.60. The molecule has 0 aromatic rings. The Hall–Kier alpha value is -1.17. The van der Waals surface area contributed by atoms with Gasteiger partial charge in [-0.05, 0) is 13.0 Å². The Bertz CT molecular complexity index is 348. The Morgan fingerprint density at radius 3 is 3.21 bits per heavy atom. The molecule has 1 N–H and O–H groups in total. The molecule has 0 spiro atoms. The van der Waals surface area contributed by atoms with Crippen molar-refractivity contribution in [3.05, 3.63) is 11.8 Å². The van der Waals surface area contributed by atoms with Gasteiger partial charge in [0.2, 0.25) is 0 Å². The summed E-state index contributed by atoms with van der Waals surface area (Å²) in [6, 6.07) is 0. The molecule has 2 heterocycles. The summed E-state index contributed by atoms with van der Waals surface area (Å²) in [4.78, 5) is 0. The summed E-state index contributed by atoms with van der Waals surface area (Å²) >= 11 is -1.43. The van der Waals surface area contributed by atoms with Crippen LogP contribution < -0.4 is 5.32 Å². The first kappa shape index (κ1) is 9.39. The van der Waals surface area contributed by atoms with E-state index < -0.39 is 11.2 Å². The summed E-state index contributed by atoms with van der Waals surface area (Å²) in [5.74, 6) is 1.46. The van der Waals surface area contributed by atoms with E-state index in [2.05, 4.69) is 14.1 Å². The Balaban J connectivity index is 1.81. The monoisotopic (exact) mass is 213 g/mol. The first-order valence-corrected chi connectivity index (χ1v) is 5.45. The van der Waals surface area contributed by atoms with Crippen molar-refractivity contribution >= 4 is 23.2 Å². The van der Waals surface area contributed by atoms with Crippen LogP contribution in [-0.4, -0.2) is 28.9 Å². The molecule has 2 atom stereocenters. The molecule has 2 aliphatic heterocycles. The molecule has 0 aromatic carbocycles. The topological polar surface area (TPSA) is 63.0 Å². The van der Waals surface area contributed by atoms with Gasteiger partial charge in [0.15, 0.2) is 5.84 Å². The van der Waals surface area contributed by atoms with E-state index in [1.54, 1.807) is 0 Å². The molecule has 0 saturated carbocycles. The van der Waals surface area contributed by atoms with Crippen molar-refractivity contribution in [2.45, 2.75) is 19.4 Å². The van der Waals surface area contributed by atoms with Gasteiger partial charge in [-0.2, -0.15) is 4.40 Å². The fraction of sp³-hybridized carbons (Fsp3) is 0.500. The van der Waals surface area contributed by atoms with Crippen LogP contribution in [0.15, 0.2) is 20.6 Å². The fourth-order valence-corrected chi connectivity index (χ4v) is 1.76. The zero-order chi connectivity index (χ0) is 9.97. The number of nitrogens with one attached hydrogen (secondary N) is 1. The maximum atomic E-state index is 10.7. The highest BCUT2D eigenvalue weighted by molar-refractivity contribution is 7.83. The minimum atomic E-state index is -1.43. The summed E-state index contributed by atoms with van der Waals surface area (Å²) in [5, 5.41) is 2.99. The molecule has 0 fully saturated rings. The Morgan fingerprint density at radius 2 is 2.64 bits per heavy atom. The molecule has 2 unspecified atom stereocenters. The second-order valence-corrected chi connectivity index (χ2v) is 3.98. The molecule has 5 nitrogen and oxygen atoms in total. The van der Waals surface area contributed by atoms with Gasteiger partial charge in [-0.1, -0.05) is 0 Å². The predicted octanol–water partition coefficient (Wildman–Crippen LogP) is 0.330. The van der Waals surface area contributed by atoms with Crippen LogP contribution in [0.25, 0.3) is 0 Å². The lowest BCUT2D eigenvalue weighted by Gasteiger charge is -2.08. The van der Waals surface area contributed by atoms with Crippen molar-refractivity contribution in [1.29, 1.82) is 0 Å². The van der Waals surface area contributed by atoms with Crippen LogP contribution in [0.2, 0.25) is 0 Å². The van der Waals surface area contributed by atoms with E-state index in [-0.39, 0.29) is 6.10 Å². The second-order valence-electron chi connectivity index (χ2n) is 3.13. The lowest BCUT2D eigenvalue weighted by Crippen LogP contribution is -2.25. The quantitative estimate of drug-likeness (QED) is 0.719. The van der Waals surface area contributed by atoms with E-state index in [9.17, 15) is 4.21 Å². The molecule has 0 aliphatic carbocycles. The average Bonchev–Trinajstić information content (AvgIpc) is 2.72. The van der Waals surface area contributed by atoms with E-state index in [0.717, 1.165) is 12.2 Å². The Labute approximate surface area is 84.7 Å². The third-order valence-electron chi connectivity index (χ3n) is 1.92. The minimum Gasteiger partial charge on any atom is -0.493 e. The van der Waals surface area contributed by atoms with Gasteiger partial charge in [-0.15, -0.1) is 4.40 Å². The van der Waals surface area contributed by atoms with Gasteiger partial charge in [0.25, 0.3) is 11.2 Å². The van der Waals surface area contributed by atoms with E-state index in [4.69, 9.17) is 4.74 Å². The molecule has 2 rings (SSSR count). The van der Waals surface area contributed by atoms with Crippen molar-refractivity contribution in [3.8, 4) is 0 Å². The van der Waals surface area contributed by atoms with Crippen LogP contribution in [0.5, 0.6) is 0 Å². The lowest BCUT2D eigenvalue weighted by molar-refractivity contribution is 0.157. The van der Waals surface area contributed by atoms with Gasteiger partial charge in [0, 0.05) is 6.42 Å². The van der Waals surface area contributed by atoms with Gasteiger partial charge in [0.1, 0.15) is 5.76 Å². The summed E-state index contributed by atoms with van der Waals surface area (Å²) in [5.41, 5.74) is 0. The first-order chi connectivity index (χ1) is 6.74. The Morgan fingerprint density at radius 1 is 1.79 bits per heavy atom. The molecule has 0 aromatic heterocycles. The van der Waals surface area contributed by atoms with E-state index >= 15 is 0 Å². The van der Waals surface area contributed by atoms with Crippen molar-refractivity contribution < 1.29 is 8.95 Å². The standard InChI is InChI=1S/C8H11N3O2S/c1-6-2-3-7(13-6)4-9-8-5-10-14(12)11-8/h3,5-6H,2,4H2,1H3,(H,9,11). The number of hydrogen-bond acceptors (Lipinski definition) is 3. The summed E-state index contributed by atoms with van der Waals surface area (Å²) in [7, 11) is 0. The second kappa shape index (κ2) is 3.91. The fourth-order valence-electron chi connectivity index (χ4n) is 1.25. The van der Waals surface area contributed by atoms with Crippen LogP contribution in [0.1, 0.15) is 13.3 Å². The van der Waals surface area contributed by atoms with Crippen LogP contribution in [0.3, 0.4) is 0 Å². The highest BCUT2D eigenvalue weighted by Gasteiger charge is 2.14. The largest absolute Gasteiger partial charge is 0.493 e. The van der Waals surface area contributed by atoms with E-state index in [1.807, 2.05) is 13.0 Å². The smallest absolute Gasteiger partial charge is 0.267 e. The van der Waals surface area contributed by atoms with Gasteiger partial charge in [0.05, 0.1) is 18.9 Å². The highest BCUT2D eigenvalue weighted by atomic mass is 32.2. The molecule has 6 heteroatoms. The first-order valence-electron chi connectivity index (χ1n) is 4.38. The third-order valence-corrected chi connectivity index (χ3v) is 2.55. The molecular weight excluding hydrogens is 202 g/mol. The zero-order valence-electron chi connectivity index (χ0n) is 7.77. The van der Waals surface area contributed by atoms with Crippen LogP contribution in [-0.2, 0) is 15.9 Å². The lowest BCUT2D eigenvalue weighted by atomic mass is 10.3. The average molecular weight is 213 g/mol. The van der Waals surface area contributed by atoms with Crippen molar-refractivity contribution in [3.63, 3.8) is 0 Å². The zero-order valence-corrected chi connectivity index (χ0v) is 8.58. The molecule has 76 valence electrons. The van der Waals surface area contributed by atoms with E-state index in [1.165, 1.54) is 6.21 Å². The molecule has 14 heavy (non-hydrogen) atoms. The van der Waals surface area contributed by atoms with Gasteiger partial charge >= 0.3 is 0 Å². The molecule has 2 aliphatic rings. The SMILES string of the molecule is CC1CC=C(CNC2=NS(=O)N=C2)O1. The number of rotatable bonds is 2. The molecule has 0 radical (unpaired) electrons. The highest BCUT2D eigenvalue weighted by Crippen LogP contribution is 2.15. The summed E-state index contributed by atoms with van der Waals surface area (Å²) < 4.78 is 23.6. The minimum absolute atomic E-state index is 0.264. The van der Waals surface area contributed by atoms with Gasteiger partial charge < -0.3 is 10.1 Å². The van der Waals surface area contributed by atoms with Crippen molar-refractivity contribution in [2.24, 2.45) is 8.80 Å². The number of ether oxygens (including phenoxy) is 1. The predicted molar refractivity (Wildman–Crippen MR) is 55.3 cm³/mol. The maximum absolute atomic E-state index is 10.7. The van der Waals surface area contributed by atoms with Crippen molar-refractivity contribution in [2.75, 3.05) is 6.54 Å². The number of hydrogen-bond donors (Lipinski definition) is 1. The molecule has 0 saturated heterocycles. The maximum Gasteiger partial charge on any atom is 0.267 e. The van der Waals surface area contributed by atoms with Crippen molar-refractivity contribution in [1.82, 2.24) is 5.32 Å². The summed E-state index contributed by atoms with van der Waals surface area (Å²) in [6.07, 6.45) is 4.72.